The summed E-state index contributed by atoms with van der Waals surface area (Å²) in [4.78, 5) is 11.1. The molecule has 128 valence electrons. The number of nitrogens with one attached hydrogen (secondary N) is 1. The van der Waals surface area contributed by atoms with E-state index in [9.17, 15) is 4.79 Å². The van der Waals surface area contributed by atoms with Crippen molar-refractivity contribution >= 4 is 29.2 Å². The van der Waals surface area contributed by atoms with Gasteiger partial charge in [-0.15, -0.1) is 5.10 Å². The summed E-state index contributed by atoms with van der Waals surface area (Å²) in [5.74, 6) is -0.975. The number of carboxylic acid groups (broad SMARTS) is 1. The third-order valence-corrected chi connectivity index (χ3v) is 4.79. The third-order valence-electron chi connectivity index (χ3n) is 4.05. The van der Waals surface area contributed by atoms with Gasteiger partial charge in [0, 0.05) is 6.42 Å². The monoisotopic (exact) mass is 375 g/mol. The fraction of sp³-hybridized carbons (Fsp3) is 0.167. The molecule has 0 radical (unpaired) electrons. The molecule has 1 heterocycles. The first-order chi connectivity index (χ1) is 12.0. The molecule has 1 aromatic heterocycles. The summed E-state index contributed by atoms with van der Waals surface area (Å²) in [6.07, 6.45) is 0.490. The Labute approximate surface area is 154 Å². The van der Waals surface area contributed by atoms with Crippen LogP contribution in [0.2, 0.25) is 10.0 Å². The first kappa shape index (κ1) is 17.5. The van der Waals surface area contributed by atoms with Gasteiger partial charge in [-0.1, -0.05) is 60.5 Å². The van der Waals surface area contributed by atoms with Crippen LogP contribution in [0, 0.1) is 0 Å². The smallest absolute Gasteiger partial charge is 0.358 e. The van der Waals surface area contributed by atoms with Gasteiger partial charge in [-0.3, -0.25) is 0 Å². The fourth-order valence-corrected chi connectivity index (χ4v) is 2.95. The van der Waals surface area contributed by atoms with E-state index in [1.807, 2.05) is 43.3 Å². The third kappa shape index (κ3) is 3.83. The molecule has 1 unspecified atom stereocenters. The van der Waals surface area contributed by atoms with Crippen molar-refractivity contribution in [2.75, 3.05) is 0 Å². The highest BCUT2D eigenvalue weighted by atomic mass is 35.5. The maximum Gasteiger partial charge on any atom is 0.358 e. The maximum atomic E-state index is 11.1. The van der Waals surface area contributed by atoms with E-state index in [2.05, 4.69) is 15.4 Å². The normalized spacial score (nSPS) is 12.1. The lowest BCUT2D eigenvalue weighted by Gasteiger charge is -2.12. The van der Waals surface area contributed by atoms with E-state index in [1.165, 1.54) is 0 Å². The minimum atomic E-state index is -1.08. The van der Waals surface area contributed by atoms with E-state index in [0.29, 0.717) is 22.2 Å². The largest absolute Gasteiger partial charge is 0.476 e. The molecule has 0 amide bonds. The standard InChI is InChI=1S/C18H15Cl2N3O2/c1-10(8-16-17(18(24)25)22-23-21-16)11-2-4-12(5-3-11)13-6-7-14(19)15(20)9-13/h2-7,9-10H,8H2,1H3,(H,24,25)(H,21,22,23). The Balaban J connectivity index is 1.78. The van der Waals surface area contributed by atoms with Crippen LogP contribution in [0.15, 0.2) is 42.5 Å². The van der Waals surface area contributed by atoms with Gasteiger partial charge in [0.15, 0.2) is 5.69 Å². The first-order valence-corrected chi connectivity index (χ1v) is 8.39. The summed E-state index contributed by atoms with van der Waals surface area (Å²) in [7, 11) is 0. The van der Waals surface area contributed by atoms with Crippen LogP contribution in [-0.4, -0.2) is 26.5 Å². The Bertz CT molecular complexity index is 907. The molecule has 25 heavy (non-hydrogen) atoms. The quantitative estimate of drug-likeness (QED) is 0.669. The molecule has 0 saturated carbocycles. The highest BCUT2D eigenvalue weighted by Gasteiger charge is 2.18. The number of carbonyl (C=O) groups is 1. The van der Waals surface area contributed by atoms with Crippen molar-refractivity contribution in [1.29, 1.82) is 0 Å². The number of hydrogen-bond acceptors (Lipinski definition) is 3. The summed E-state index contributed by atoms with van der Waals surface area (Å²) < 4.78 is 0. The van der Waals surface area contributed by atoms with Gasteiger partial charge in [-0.2, -0.15) is 10.3 Å². The van der Waals surface area contributed by atoms with Crippen molar-refractivity contribution in [3.63, 3.8) is 0 Å². The molecule has 1 atom stereocenters. The molecular formula is C18H15Cl2N3O2. The molecular weight excluding hydrogens is 361 g/mol. The van der Waals surface area contributed by atoms with E-state index in [1.54, 1.807) is 6.07 Å². The van der Waals surface area contributed by atoms with E-state index >= 15 is 0 Å². The van der Waals surface area contributed by atoms with Gasteiger partial charge in [0.05, 0.1) is 15.7 Å². The van der Waals surface area contributed by atoms with E-state index < -0.39 is 5.97 Å². The minimum Gasteiger partial charge on any atom is -0.476 e. The lowest BCUT2D eigenvalue weighted by molar-refractivity contribution is 0.0689. The topological polar surface area (TPSA) is 78.9 Å². The zero-order valence-corrected chi connectivity index (χ0v) is 14.8. The van der Waals surface area contributed by atoms with Gasteiger partial charge < -0.3 is 5.11 Å². The Morgan fingerprint density at radius 3 is 2.40 bits per heavy atom. The molecule has 3 aromatic rings. The number of H-pyrrole nitrogens is 1. The molecule has 0 spiro atoms. The fourth-order valence-electron chi connectivity index (χ4n) is 2.65. The van der Waals surface area contributed by atoms with Crippen LogP contribution < -0.4 is 0 Å². The maximum absolute atomic E-state index is 11.1. The second-order valence-electron chi connectivity index (χ2n) is 5.78. The number of hydrogen-bond donors (Lipinski definition) is 2. The number of halogens is 2. The molecule has 0 aliphatic carbocycles. The minimum absolute atomic E-state index is 0.0284. The van der Waals surface area contributed by atoms with Gasteiger partial charge in [0.25, 0.3) is 0 Å². The summed E-state index contributed by atoms with van der Waals surface area (Å²) >= 11 is 12.0. The second kappa shape index (κ2) is 7.25. The predicted octanol–water partition coefficient (Wildman–Crippen LogP) is 4.82. The number of nitrogens with zero attached hydrogens (tertiary/aromatic N) is 2. The van der Waals surface area contributed by atoms with E-state index in [4.69, 9.17) is 28.3 Å². The SMILES string of the molecule is CC(Cc1n[nH]nc1C(=O)O)c1ccc(-c2ccc(Cl)c(Cl)c2)cc1. The number of benzene rings is 2. The molecule has 7 heteroatoms. The molecule has 0 saturated heterocycles. The summed E-state index contributed by atoms with van der Waals surface area (Å²) in [5.41, 5.74) is 3.52. The van der Waals surface area contributed by atoms with Crippen LogP contribution in [0.25, 0.3) is 11.1 Å². The average Bonchev–Trinajstić information content (AvgIpc) is 3.06. The van der Waals surface area contributed by atoms with Crippen molar-refractivity contribution in [3.8, 4) is 11.1 Å². The summed E-state index contributed by atoms with van der Waals surface area (Å²) in [5, 5.41) is 20.1. The van der Waals surface area contributed by atoms with Crippen molar-refractivity contribution in [2.24, 2.45) is 0 Å². The zero-order valence-electron chi connectivity index (χ0n) is 13.3. The van der Waals surface area contributed by atoms with Gasteiger partial charge in [-0.05, 0) is 34.7 Å². The Kier molecular flexibility index (Phi) is 5.06. The van der Waals surface area contributed by atoms with Crippen molar-refractivity contribution < 1.29 is 9.90 Å². The average molecular weight is 376 g/mol. The molecule has 0 bridgehead atoms. The van der Waals surface area contributed by atoms with Crippen LogP contribution in [0.1, 0.15) is 34.6 Å². The predicted molar refractivity (Wildman–Crippen MR) is 97.4 cm³/mol. The lowest BCUT2D eigenvalue weighted by Crippen LogP contribution is -2.06. The molecule has 0 fully saturated rings. The van der Waals surface area contributed by atoms with Gasteiger partial charge in [-0.25, -0.2) is 4.79 Å². The number of aromatic carboxylic acids is 1. The van der Waals surface area contributed by atoms with Gasteiger partial charge in [0.2, 0.25) is 0 Å². The van der Waals surface area contributed by atoms with Crippen LogP contribution in [0.4, 0.5) is 0 Å². The molecule has 2 N–H and O–H groups in total. The Morgan fingerprint density at radius 2 is 1.76 bits per heavy atom. The second-order valence-corrected chi connectivity index (χ2v) is 6.59. The van der Waals surface area contributed by atoms with Crippen molar-refractivity contribution in [2.45, 2.75) is 19.3 Å². The van der Waals surface area contributed by atoms with Crippen molar-refractivity contribution in [3.05, 3.63) is 69.5 Å². The summed E-state index contributed by atoms with van der Waals surface area (Å²) in [6, 6.07) is 13.6. The first-order valence-electron chi connectivity index (χ1n) is 7.64. The van der Waals surface area contributed by atoms with Crippen molar-refractivity contribution in [1.82, 2.24) is 15.4 Å². The number of aromatic nitrogens is 3. The lowest BCUT2D eigenvalue weighted by atomic mass is 9.93. The highest BCUT2D eigenvalue weighted by molar-refractivity contribution is 6.42. The van der Waals surface area contributed by atoms with Crippen LogP contribution in [0.5, 0.6) is 0 Å². The zero-order chi connectivity index (χ0) is 18.0. The van der Waals surface area contributed by atoms with Gasteiger partial charge in [0.1, 0.15) is 0 Å². The Hall–Kier alpha value is -2.37. The van der Waals surface area contributed by atoms with Crippen LogP contribution in [-0.2, 0) is 6.42 Å². The van der Waals surface area contributed by atoms with Crippen LogP contribution in [0.3, 0.4) is 0 Å². The van der Waals surface area contributed by atoms with Gasteiger partial charge >= 0.3 is 5.97 Å². The highest BCUT2D eigenvalue weighted by Crippen LogP contribution is 2.30. The van der Waals surface area contributed by atoms with E-state index in [0.717, 1.165) is 16.7 Å². The molecule has 0 aliphatic rings. The number of rotatable bonds is 5. The van der Waals surface area contributed by atoms with Crippen LogP contribution >= 0.6 is 23.2 Å². The molecule has 2 aromatic carbocycles. The van der Waals surface area contributed by atoms with E-state index in [-0.39, 0.29) is 11.6 Å². The molecule has 0 aliphatic heterocycles. The number of aromatic amines is 1. The Morgan fingerprint density at radius 1 is 1.08 bits per heavy atom. The molecule has 5 nitrogen and oxygen atoms in total. The molecule has 3 rings (SSSR count). The summed E-state index contributed by atoms with van der Waals surface area (Å²) in [6.45, 7) is 2.02. The number of carboxylic acids is 1.